The molecule has 142 valence electrons. The zero-order chi connectivity index (χ0) is 19.8. The van der Waals surface area contributed by atoms with Gasteiger partial charge in [0, 0.05) is 25.1 Å². The molecule has 7 nitrogen and oxygen atoms in total. The molecule has 0 radical (unpaired) electrons. The van der Waals surface area contributed by atoms with E-state index in [1.165, 1.54) is 9.80 Å². The Morgan fingerprint density at radius 1 is 0.964 bits per heavy atom. The second-order valence-electron chi connectivity index (χ2n) is 6.93. The number of nitrogens with two attached hydrogens (primary N) is 1. The molecule has 1 unspecified atom stereocenters. The van der Waals surface area contributed by atoms with Crippen molar-refractivity contribution in [3.63, 3.8) is 0 Å². The predicted molar refractivity (Wildman–Crippen MR) is 102 cm³/mol. The smallest absolute Gasteiger partial charge is 0.261 e. The van der Waals surface area contributed by atoms with Crippen LogP contribution in [0, 0.1) is 0 Å². The van der Waals surface area contributed by atoms with Crippen LogP contribution in [0.25, 0.3) is 0 Å². The van der Waals surface area contributed by atoms with Gasteiger partial charge in [-0.25, -0.2) is 0 Å². The second kappa shape index (κ2) is 6.92. The van der Waals surface area contributed by atoms with E-state index in [0.29, 0.717) is 29.7 Å². The van der Waals surface area contributed by atoms with E-state index in [9.17, 15) is 19.2 Å². The van der Waals surface area contributed by atoms with Crippen molar-refractivity contribution in [2.45, 2.75) is 25.3 Å². The summed E-state index contributed by atoms with van der Waals surface area (Å²) >= 11 is 0. The number of rotatable bonds is 5. The number of carbonyl (C=O) groups excluding carboxylic acids is 4. The summed E-state index contributed by atoms with van der Waals surface area (Å²) in [6.45, 7) is 0.148. The maximum atomic E-state index is 12.8. The van der Waals surface area contributed by atoms with Gasteiger partial charge in [-0.2, -0.15) is 0 Å². The minimum absolute atomic E-state index is 0.103. The highest BCUT2D eigenvalue weighted by Gasteiger charge is 2.38. The molecule has 0 saturated heterocycles. The topological polar surface area (TPSA) is 101 Å². The number of para-hydroxylation sites is 1. The Bertz CT molecular complexity index is 966. The Kier molecular flexibility index (Phi) is 4.43. The fourth-order valence-corrected chi connectivity index (χ4v) is 3.87. The average molecular weight is 377 g/mol. The fourth-order valence-electron chi connectivity index (χ4n) is 3.87. The first kappa shape index (κ1) is 17.9. The third-order valence-electron chi connectivity index (χ3n) is 5.22. The predicted octanol–water partition coefficient (Wildman–Crippen LogP) is 1.51. The summed E-state index contributed by atoms with van der Waals surface area (Å²) in [6.07, 6.45) is 0.815. The van der Waals surface area contributed by atoms with Gasteiger partial charge in [-0.05, 0) is 30.2 Å². The Labute approximate surface area is 161 Å². The first-order valence-corrected chi connectivity index (χ1v) is 9.13. The summed E-state index contributed by atoms with van der Waals surface area (Å²) in [5, 5.41) is 0. The van der Waals surface area contributed by atoms with Crippen LogP contribution in [0.1, 0.15) is 39.1 Å². The van der Waals surface area contributed by atoms with Crippen LogP contribution < -0.4 is 10.6 Å². The largest absolute Gasteiger partial charge is 0.368 e. The molecule has 0 spiro atoms. The van der Waals surface area contributed by atoms with Gasteiger partial charge >= 0.3 is 0 Å². The van der Waals surface area contributed by atoms with Crippen molar-refractivity contribution in [2.75, 3.05) is 11.4 Å². The van der Waals surface area contributed by atoms with Crippen molar-refractivity contribution in [3.8, 4) is 0 Å². The molecule has 0 bridgehead atoms. The molecule has 0 aromatic heterocycles. The van der Waals surface area contributed by atoms with Crippen LogP contribution in [-0.4, -0.2) is 41.1 Å². The molecule has 0 saturated carbocycles. The Morgan fingerprint density at radius 2 is 1.57 bits per heavy atom. The molecule has 2 heterocycles. The van der Waals surface area contributed by atoms with Gasteiger partial charge in [0.1, 0.15) is 6.04 Å². The summed E-state index contributed by atoms with van der Waals surface area (Å²) in [5.41, 5.74) is 7.86. The molecule has 2 aromatic carbocycles. The van der Waals surface area contributed by atoms with Gasteiger partial charge in [-0.15, -0.1) is 0 Å². The highest BCUT2D eigenvalue weighted by Crippen LogP contribution is 2.32. The zero-order valence-corrected chi connectivity index (χ0v) is 15.1. The maximum absolute atomic E-state index is 12.8. The number of amides is 4. The lowest BCUT2D eigenvalue weighted by Gasteiger charge is -2.23. The minimum atomic E-state index is -0.704. The van der Waals surface area contributed by atoms with Crippen molar-refractivity contribution >= 4 is 29.3 Å². The summed E-state index contributed by atoms with van der Waals surface area (Å²) < 4.78 is 0. The van der Waals surface area contributed by atoms with E-state index < -0.39 is 11.9 Å². The lowest BCUT2D eigenvalue weighted by Crippen LogP contribution is -2.46. The van der Waals surface area contributed by atoms with Crippen molar-refractivity contribution in [1.29, 1.82) is 0 Å². The summed E-state index contributed by atoms with van der Waals surface area (Å²) in [4.78, 5) is 52.0. The number of primary amides is 1. The molecule has 2 aliphatic heterocycles. The Morgan fingerprint density at radius 3 is 2.21 bits per heavy atom. The van der Waals surface area contributed by atoms with Gasteiger partial charge < -0.3 is 5.73 Å². The minimum Gasteiger partial charge on any atom is -0.368 e. The van der Waals surface area contributed by atoms with Crippen molar-refractivity contribution in [3.05, 3.63) is 65.2 Å². The molecule has 1 atom stereocenters. The molecule has 0 fully saturated rings. The van der Waals surface area contributed by atoms with E-state index in [0.717, 1.165) is 5.56 Å². The van der Waals surface area contributed by atoms with Crippen molar-refractivity contribution in [1.82, 2.24) is 4.90 Å². The molecular formula is C21H19N3O4. The van der Waals surface area contributed by atoms with Crippen LogP contribution in [0.15, 0.2) is 48.5 Å². The lowest BCUT2D eigenvalue weighted by atomic mass is 10.1. The number of imide groups is 1. The number of fused-ring (bicyclic) bond motifs is 2. The number of benzene rings is 2. The molecule has 4 rings (SSSR count). The highest BCUT2D eigenvalue weighted by molar-refractivity contribution is 6.21. The van der Waals surface area contributed by atoms with Crippen LogP contribution in [0.4, 0.5) is 5.69 Å². The van der Waals surface area contributed by atoms with E-state index >= 15 is 0 Å². The normalized spacial score (nSPS) is 17.6. The van der Waals surface area contributed by atoms with Gasteiger partial charge in [-0.1, -0.05) is 30.3 Å². The molecule has 0 aliphatic carbocycles. The quantitative estimate of drug-likeness (QED) is 0.798. The number of hydrogen-bond acceptors (Lipinski definition) is 4. The number of hydrogen-bond donors (Lipinski definition) is 1. The van der Waals surface area contributed by atoms with Crippen LogP contribution in [0.3, 0.4) is 0 Å². The summed E-state index contributed by atoms with van der Waals surface area (Å²) in [7, 11) is 0. The average Bonchev–Trinajstić information content (AvgIpc) is 3.20. The van der Waals surface area contributed by atoms with Gasteiger partial charge in [0.15, 0.2) is 0 Å². The van der Waals surface area contributed by atoms with Gasteiger partial charge in [-0.3, -0.25) is 29.0 Å². The SMILES string of the molecule is NC(=O)C1Cc2ccccc2N1C(=O)CCCN1C(=O)c2ccccc2C1=O. The second-order valence-corrected chi connectivity index (χ2v) is 6.93. The molecule has 4 amide bonds. The molecular weight excluding hydrogens is 358 g/mol. The van der Waals surface area contributed by atoms with Gasteiger partial charge in [0.2, 0.25) is 11.8 Å². The van der Waals surface area contributed by atoms with E-state index in [1.54, 1.807) is 36.4 Å². The van der Waals surface area contributed by atoms with E-state index in [1.807, 2.05) is 12.1 Å². The van der Waals surface area contributed by atoms with Crippen molar-refractivity contribution in [2.24, 2.45) is 5.73 Å². The fraction of sp³-hybridized carbons (Fsp3) is 0.238. The van der Waals surface area contributed by atoms with Crippen LogP contribution in [-0.2, 0) is 16.0 Å². The van der Waals surface area contributed by atoms with Gasteiger partial charge in [0.25, 0.3) is 11.8 Å². The number of carbonyl (C=O) groups is 4. The maximum Gasteiger partial charge on any atom is 0.261 e. The zero-order valence-electron chi connectivity index (χ0n) is 15.1. The van der Waals surface area contributed by atoms with Crippen LogP contribution in [0.5, 0.6) is 0 Å². The Hall–Kier alpha value is -3.48. The van der Waals surface area contributed by atoms with Crippen molar-refractivity contribution < 1.29 is 19.2 Å². The lowest BCUT2D eigenvalue weighted by molar-refractivity contribution is -0.124. The molecule has 28 heavy (non-hydrogen) atoms. The van der Waals surface area contributed by atoms with E-state index in [4.69, 9.17) is 5.73 Å². The first-order valence-electron chi connectivity index (χ1n) is 9.13. The van der Waals surface area contributed by atoms with Crippen LogP contribution >= 0.6 is 0 Å². The first-order chi connectivity index (χ1) is 13.5. The standard InChI is InChI=1S/C21H19N3O4/c22-19(26)17-12-13-6-1-4-9-16(13)24(17)18(25)10-5-11-23-20(27)14-7-2-3-8-15(14)21(23)28/h1-4,6-9,17H,5,10-12H2,(H2,22,26). The number of anilines is 1. The third-order valence-corrected chi connectivity index (χ3v) is 5.22. The van der Waals surface area contributed by atoms with Gasteiger partial charge in [0.05, 0.1) is 11.1 Å². The summed E-state index contributed by atoms with van der Waals surface area (Å²) in [6, 6.07) is 13.3. The Balaban J connectivity index is 1.43. The molecule has 2 aliphatic rings. The van der Waals surface area contributed by atoms with Crippen LogP contribution in [0.2, 0.25) is 0 Å². The van der Waals surface area contributed by atoms with E-state index in [-0.39, 0.29) is 30.7 Å². The van der Waals surface area contributed by atoms with E-state index in [2.05, 4.69) is 0 Å². The highest BCUT2D eigenvalue weighted by atomic mass is 16.2. The molecule has 2 N–H and O–H groups in total. The molecule has 7 heteroatoms. The number of nitrogens with zero attached hydrogens (tertiary/aromatic N) is 2. The third kappa shape index (κ3) is 2.85. The monoisotopic (exact) mass is 377 g/mol. The summed E-state index contributed by atoms with van der Waals surface area (Å²) in [5.74, 6) is -1.47. The molecule has 2 aromatic rings.